The number of halogens is 1. The number of sulfonamides is 1. The monoisotopic (exact) mass is 441 g/mol. The van der Waals surface area contributed by atoms with Gasteiger partial charge < -0.3 is 14.8 Å². The molecule has 2 rings (SSSR count). The largest absolute Gasteiger partial charge is 0.355 e. The van der Waals surface area contributed by atoms with E-state index in [0.717, 1.165) is 10.2 Å². The Bertz CT molecular complexity index is 849. The fourth-order valence-corrected chi connectivity index (χ4v) is 4.09. The predicted molar refractivity (Wildman–Crippen MR) is 108 cm³/mol. The fraction of sp³-hybridized carbons (Fsp3) is 0.353. The SMILES string of the molecule is CN=C(NCCNS(=O)(=O)c1ccccc1)N(C)Cc1cc(Br)cn1C. The summed E-state index contributed by atoms with van der Waals surface area (Å²) in [6.07, 6.45) is 2.00. The third-order valence-corrected chi connectivity index (χ3v) is 5.71. The second-order valence-corrected chi connectivity index (χ2v) is 8.48. The summed E-state index contributed by atoms with van der Waals surface area (Å²) in [4.78, 5) is 6.49. The smallest absolute Gasteiger partial charge is 0.240 e. The van der Waals surface area contributed by atoms with Crippen LogP contribution in [0.3, 0.4) is 0 Å². The summed E-state index contributed by atoms with van der Waals surface area (Å²) in [6.45, 7) is 1.37. The first-order chi connectivity index (χ1) is 12.3. The number of hydrogen-bond donors (Lipinski definition) is 2. The maximum atomic E-state index is 12.2. The van der Waals surface area contributed by atoms with Crippen molar-refractivity contribution in [2.45, 2.75) is 11.4 Å². The van der Waals surface area contributed by atoms with E-state index in [1.54, 1.807) is 37.4 Å². The quantitative estimate of drug-likeness (QED) is 0.389. The summed E-state index contributed by atoms with van der Waals surface area (Å²) in [5, 5.41) is 3.17. The van der Waals surface area contributed by atoms with E-state index in [2.05, 4.69) is 37.0 Å². The van der Waals surface area contributed by atoms with Crippen molar-refractivity contribution < 1.29 is 8.42 Å². The van der Waals surface area contributed by atoms with Crippen LogP contribution in [0.4, 0.5) is 0 Å². The lowest BCUT2D eigenvalue weighted by Gasteiger charge is -2.22. The van der Waals surface area contributed by atoms with Crippen molar-refractivity contribution in [2.24, 2.45) is 12.0 Å². The lowest BCUT2D eigenvalue weighted by Crippen LogP contribution is -2.42. The Morgan fingerprint density at radius 2 is 1.96 bits per heavy atom. The molecule has 0 unspecified atom stereocenters. The summed E-state index contributed by atoms with van der Waals surface area (Å²) < 4.78 is 30.0. The molecule has 9 heteroatoms. The van der Waals surface area contributed by atoms with Crippen molar-refractivity contribution in [3.8, 4) is 0 Å². The van der Waals surface area contributed by atoms with E-state index < -0.39 is 10.0 Å². The third-order valence-electron chi connectivity index (χ3n) is 3.80. The van der Waals surface area contributed by atoms with Crippen LogP contribution < -0.4 is 10.0 Å². The zero-order chi connectivity index (χ0) is 19.2. The molecule has 0 saturated carbocycles. The molecule has 0 aliphatic rings. The minimum atomic E-state index is -3.49. The van der Waals surface area contributed by atoms with Crippen molar-refractivity contribution >= 4 is 31.9 Å². The van der Waals surface area contributed by atoms with Gasteiger partial charge in [0, 0.05) is 50.6 Å². The van der Waals surface area contributed by atoms with E-state index >= 15 is 0 Å². The maximum absolute atomic E-state index is 12.2. The average molecular weight is 442 g/mol. The van der Waals surface area contributed by atoms with Gasteiger partial charge in [0.05, 0.1) is 11.4 Å². The molecule has 0 radical (unpaired) electrons. The molecule has 1 aromatic carbocycles. The number of aliphatic imine (C=N–C) groups is 1. The molecule has 0 amide bonds. The van der Waals surface area contributed by atoms with Gasteiger partial charge in [-0.2, -0.15) is 0 Å². The van der Waals surface area contributed by atoms with Gasteiger partial charge in [-0.1, -0.05) is 18.2 Å². The Balaban J connectivity index is 1.84. The minimum Gasteiger partial charge on any atom is -0.355 e. The number of aromatic nitrogens is 1. The second-order valence-electron chi connectivity index (χ2n) is 5.80. The van der Waals surface area contributed by atoms with E-state index in [9.17, 15) is 8.42 Å². The summed E-state index contributed by atoms with van der Waals surface area (Å²) in [7, 11) is 2.14. The highest BCUT2D eigenvalue weighted by Crippen LogP contribution is 2.14. The van der Waals surface area contributed by atoms with E-state index in [1.807, 2.05) is 29.8 Å². The van der Waals surface area contributed by atoms with Crippen LogP contribution in [0.25, 0.3) is 0 Å². The van der Waals surface area contributed by atoms with Crippen molar-refractivity contribution in [1.29, 1.82) is 0 Å². The van der Waals surface area contributed by atoms with Gasteiger partial charge in [0.25, 0.3) is 0 Å². The fourth-order valence-electron chi connectivity index (χ4n) is 2.47. The molecule has 2 aromatic rings. The Kier molecular flexibility index (Phi) is 7.24. The molecular formula is C17H24BrN5O2S. The molecule has 26 heavy (non-hydrogen) atoms. The molecule has 2 N–H and O–H groups in total. The Labute approximate surface area is 163 Å². The molecule has 0 spiro atoms. The van der Waals surface area contributed by atoms with Crippen LogP contribution in [0.5, 0.6) is 0 Å². The van der Waals surface area contributed by atoms with Crippen LogP contribution in [0, 0.1) is 0 Å². The molecule has 1 heterocycles. The number of nitrogens with zero attached hydrogens (tertiary/aromatic N) is 3. The Morgan fingerprint density at radius 1 is 1.27 bits per heavy atom. The second kappa shape index (κ2) is 9.20. The Morgan fingerprint density at radius 3 is 2.54 bits per heavy atom. The molecule has 7 nitrogen and oxygen atoms in total. The molecule has 0 bridgehead atoms. The van der Waals surface area contributed by atoms with E-state index in [1.165, 1.54) is 0 Å². The number of hydrogen-bond acceptors (Lipinski definition) is 3. The van der Waals surface area contributed by atoms with Crippen molar-refractivity contribution in [2.75, 3.05) is 27.2 Å². The van der Waals surface area contributed by atoms with Crippen LogP contribution in [0.1, 0.15) is 5.69 Å². The van der Waals surface area contributed by atoms with Gasteiger partial charge in [-0.3, -0.25) is 4.99 Å². The normalized spacial score (nSPS) is 12.2. The van der Waals surface area contributed by atoms with Crippen LogP contribution in [-0.4, -0.2) is 51.0 Å². The first-order valence-electron chi connectivity index (χ1n) is 8.10. The topological polar surface area (TPSA) is 78.7 Å². The lowest BCUT2D eigenvalue weighted by molar-refractivity contribution is 0.462. The highest BCUT2D eigenvalue weighted by atomic mass is 79.9. The van der Waals surface area contributed by atoms with Crippen LogP contribution in [-0.2, 0) is 23.6 Å². The third kappa shape index (κ3) is 5.58. The number of nitrogens with one attached hydrogen (secondary N) is 2. The molecule has 0 fully saturated rings. The highest BCUT2D eigenvalue weighted by Gasteiger charge is 2.13. The zero-order valence-corrected chi connectivity index (χ0v) is 17.5. The minimum absolute atomic E-state index is 0.260. The van der Waals surface area contributed by atoms with Gasteiger partial charge in [-0.25, -0.2) is 13.1 Å². The highest BCUT2D eigenvalue weighted by molar-refractivity contribution is 9.10. The van der Waals surface area contributed by atoms with E-state index in [-0.39, 0.29) is 11.4 Å². The first-order valence-corrected chi connectivity index (χ1v) is 10.4. The summed E-state index contributed by atoms with van der Waals surface area (Å²) in [6, 6.07) is 10.4. The van der Waals surface area contributed by atoms with Gasteiger partial charge in [0.1, 0.15) is 0 Å². The predicted octanol–water partition coefficient (Wildman–Crippen LogP) is 1.77. The average Bonchev–Trinajstić information content (AvgIpc) is 2.92. The van der Waals surface area contributed by atoms with Crippen LogP contribution in [0.15, 0.2) is 57.0 Å². The molecule has 0 atom stereocenters. The van der Waals surface area contributed by atoms with Gasteiger partial charge in [0.15, 0.2) is 5.96 Å². The summed E-state index contributed by atoms with van der Waals surface area (Å²) >= 11 is 3.47. The molecule has 142 valence electrons. The maximum Gasteiger partial charge on any atom is 0.240 e. The Hall–Kier alpha value is -1.84. The lowest BCUT2D eigenvalue weighted by atomic mass is 10.4. The zero-order valence-electron chi connectivity index (χ0n) is 15.1. The molecular weight excluding hydrogens is 418 g/mol. The first kappa shape index (κ1) is 20.5. The van der Waals surface area contributed by atoms with Gasteiger partial charge in [-0.05, 0) is 34.1 Å². The molecule has 0 aliphatic heterocycles. The number of benzene rings is 1. The van der Waals surface area contributed by atoms with Crippen molar-refractivity contribution in [3.05, 3.63) is 52.8 Å². The summed E-state index contributed by atoms with van der Waals surface area (Å²) in [5.41, 5.74) is 1.13. The summed E-state index contributed by atoms with van der Waals surface area (Å²) in [5.74, 6) is 0.696. The molecule has 0 saturated heterocycles. The van der Waals surface area contributed by atoms with Gasteiger partial charge in [0.2, 0.25) is 10.0 Å². The van der Waals surface area contributed by atoms with Gasteiger partial charge in [-0.15, -0.1) is 0 Å². The van der Waals surface area contributed by atoms with Gasteiger partial charge >= 0.3 is 0 Å². The number of guanidine groups is 1. The van der Waals surface area contributed by atoms with Crippen LogP contribution in [0.2, 0.25) is 0 Å². The van der Waals surface area contributed by atoms with Crippen LogP contribution >= 0.6 is 15.9 Å². The van der Waals surface area contributed by atoms with E-state index in [4.69, 9.17) is 0 Å². The van der Waals surface area contributed by atoms with Crippen molar-refractivity contribution in [1.82, 2.24) is 19.5 Å². The number of rotatable bonds is 7. The standard InChI is InChI=1S/C17H24BrN5O2S/c1-19-17(23(3)13-15-11-14(18)12-22(15)2)20-9-10-21-26(24,25)16-7-5-4-6-8-16/h4-8,11-12,21H,9-10,13H2,1-3H3,(H,19,20). The molecule has 1 aromatic heterocycles. The van der Waals surface area contributed by atoms with E-state index in [0.29, 0.717) is 19.0 Å². The number of aryl methyl sites for hydroxylation is 1. The molecule has 0 aliphatic carbocycles. The van der Waals surface area contributed by atoms with Crippen molar-refractivity contribution in [3.63, 3.8) is 0 Å².